The smallest absolute Gasteiger partial charge is 0.154 e. The molecule has 2 rings (SSSR count). The Morgan fingerprint density at radius 3 is 2.80 bits per heavy atom. The van der Waals surface area contributed by atoms with Crippen molar-refractivity contribution in [3.63, 3.8) is 0 Å². The van der Waals surface area contributed by atoms with Crippen molar-refractivity contribution in [3.05, 3.63) is 29.3 Å². The van der Waals surface area contributed by atoms with Crippen LogP contribution in [0, 0.1) is 6.92 Å². The Bertz CT molecular complexity index is 568. The second-order valence-corrected chi connectivity index (χ2v) is 8.60. The molecule has 1 heterocycles. The van der Waals surface area contributed by atoms with Crippen molar-refractivity contribution >= 4 is 25.8 Å². The zero-order valence-electron chi connectivity index (χ0n) is 11.9. The fourth-order valence-corrected chi connectivity index (χ4v) is 6.23. The van der Waals surface area contributed by atoms with Crippen LogP contribution in [-0.2, 0) is 9.84 Å². The topological polar surface area (TPSA) is 43.4 Å². The van der Waals surface area contributed by atoms with Gasteiger partial charge >= 0.3 is 0 Å². The molecule has 0 amide bonds. The Labute approximate surface area is 129 Å². The summed E-state index contributed by atoms with van der Waals surface area (Å²) >= 11 is 3.62. The summed E-state index contributed by atoms with van der Waals surface area (Å²) in [6.45, 7) is 4.52. The third kappa shape index (κ3) is 3.37. The summed E-state index contributed by atoms with van der Waals surface area (Å²) in [6.07, 6.45) is 2.48. The summed E-state index contributed by atoms with van der Waals surface area (Å²) in [7, 11) is -3.02. The maximum Gasteiger partial charge on any atom is 0.154 e. The quantitative estimate of drug-likeness (QED) is 0.767. The third-order valence-corrected chi connectivity index (χ3v) is 7.49. The molecule has 2 atom stereocenters. The van der Waals surface area contributed by atoms with Crippen LogP contribution in [-0.4, -0.2) is 26.0 Å². The van der Waals surface area contributed by atoms with Gasteiger partial charge in [0.2, 0.25) is 0 Å². The fourth-order valence-electron chi connectivity index (χ4n) is 2.68. The lowest BCUT2D eigenvalue weighted by molar-refractivity contribution is 0.336. The first-order chi connectivity index (χ1) is 9.45. The van der Waals surface area contributed by atoms with Crippen molar-refractivity contribution in [2.75, 3.05) is 12.4 Å². The Kier molecular flexibility index (Phi) is 5.13. The van der Waals surface area contributed by atoms with E-state index in [4.69, 9.17) is 4.74 Å². The summed E-state index contributed by atoms with van der Waals surface area (Å²) in [5.41, 5.74) is 2.06. The van der Waals surface area contributed by atoms with Gasteiger partial charge in [-0.15, -0.1) is 0 Å². The lowest BCUT2D eigenvalue weighted by Gasteiger charge is -2.28. The summed E-state index contributed by atoms with van der Waals surface area (Å²) in [5.74, 6) is 1.08. The van der Waals surface area contributed by atoms with Crippen molar-refractivity contribution in [1.82, 2.24) is 0 Å². The second kappa shape index (κ2) is 6.48. The van der Waals surface area contributed by atoms with Crippen LogP contribution in [0.5, 0.6) is 5.75 Å². The minimum absolute atomic E-state index is 0.200. The molecule has 0 saturated carbocycles. The van der Waals surface area contributed by atoms with Crippen molar-refractivity contribution in [3.8, 4) is 5.75 Å². The van der Waals surface area contributed by atoms with E-state index in [0.29, 0.717) is 12.4 Å². The molecular weight excluding hydrogens is 340 g/mol. The third-order valence-electron chi connectivity index (χ3n) is 3.72. The van der Waals surface area contributed by atoms with E-state index in [1.54, 1.807) is 0 Å². The van der Waals surface area contributed by atoms with Crippen LogP contribution >= 0.6 is 15.9 Å². The number of benzene rings is 1. The largest absolute Gasteiger partial charge is 0.494 e. The van der Waals surface area contributed by atoms with Crippen molar-refractivity contribution in [2.24, 2.45) is 0 Å². The second-order valence-electron chi connectivity index (χ2n) is 5.28. The SMILES string of the molecule is CCOc1ccc(C)cc1C(Br)C1CCCCS1(=O)=O. The molecule has 0 N–H and O–H groups in total. The Morgan fingerprint density at radius 1 is 1.40 bits per heavy atom. The van der Waals surface area contributed by atoms with E-state index in [2.05, 4.69) is 15.9 Å². The van der Waals surface area contributed by atoms with Gasteiger partial charge in [0, 0.05) is 5.56 Å². The summed E-state index contributed by atoms with van der Waals surface area (Å²) < 4.78 is 30.2. The molecule has 1 aliphatic rings. The molecule has 2 unspecified atom stereocenters. The van der Waals surface area contributed by atoms with Crippen LogP contribution < -0.4 is 4.74 Å². The molecule has 0 radical (unpaired) electrons. The van der Waals surface area contributed by atoms with Crippen LogP contribution in [0.2, 0.25) is 0 Å². The van der Waals surface area contributed by atoms with Gasteiger partial charge in [0.25, 0.3) is 0 Å². The van der Waals surface area contributed by atoms with E-state index >= 15 is 0 Å². The molecule has 112 valence electrons. The number of sulfone groups is 1. The molecule has 0 bridgehead atoms. The highest BCUT2D eigenvalue weighted by atomic mass is 79.9. The molecular formula is C15H21BrO3S. The molecule has 5 heteroatoms. The summed E-state index contributed by atoms with van der Waals surface area (Å²) in [5, 5.41) is -0.350. The van der Waals surface area contributed by atoms with Gasteiger partial charge in [0.1, 0.15) is 5.75 Å². The first kappa shape index (κ1) is 15.8. The Hall–Kier alpha value is -0.550. The summed E-state index contributed by atoms with van der Waals surface area (Å²) in [6, 6.07) is 5.94. The Balaban J connectivity index is 2.36. The number of hydrogen-bond donors (Lipinski definition) is 0. The van der Waals surface area contributed by atoms with Crippen LogP contribution in [0.1, 0.15) is 42.1 Å². The monoisotopic (exact) mass is 360 g/mol. The van der Waals surface area contributed by atoms with E-state index in [0.717, 1.165) is 36.1 Å². The van der Waals surface area contributed by atoms with Gasteiger partial charge in [-0.1, -0.05) is 40.0 Å². The van der Waals surface area contributed by atoms with Crippen molar-refractivity contribution in [2.45, 2.75) is 43.2 Å². The highest BCUT2D eigenvalue weighted by Crippen LogP contribution is 2.40. The number of halogens is 1. The average Bonchev–Trinajstić information content (AvgIpc) is 2.40. The first-order valence-electron chi connectivity index (χ1n) is 7.04. The fraction of sp³-hybridized carbons (Fsp3) is 0.600. The molecule has 1 aromatic rings. The van der Waals surface area contributed by atoms with Gasteiger partial charge in [0.05, 0.1) is 22.4 Å². The number of alkyl halides is 1. The van der Waals surface area contributed by atoms with Gasteiger partial charge in [0.15, 0.2) is 9.84 Å². The van der Waals surface area contributed by atoms with Gasteiger partial charge in [-0.2, -0.15) is 0 Å². The molecule has 0 aliphatic carbocycles. The van der Waals surface area contributed by atoms with Gasteiger partial charge < -0.3 is 4.74 Å². The molecule has 1 saturated heterocycles. The summed E-state index contributed by atoms with van der Waals surface area (Å²) in [4.78, 5) is -0.200. The maximum absolute atomic E-state index is 12.3. The molecule has 0 aromatic heterocycles. The zero-order valence-corrected chi connectivity index (χ0v) is 14.3. The molecule has 20 heavy (non-hydrogen) atoms. The lowest BCUT2D eigenvalue weighted by atomic mass is 10.0. The lowest BCUT2D eigenvalue weighted by Crippen LogP contribution is -2.31. The number of rotatable bonds is 4. The van der Waals surface area contributed by atoms with E-state index < -0.39 is 9.84 Å². The Morgan fingerprint density at radius 2 is 2.15 bits per heavy atom. The van der Waals surface area contributed by atoms with E-state index in [1.165, 1.54) is 0 Å². The first-order valence-corrected chi connectivity index (χ1v) is 9.68. The van der Waals surface area contributed by atoms with Gasteiger partial charge in [-0.05, 0) is 32.8 Å². The minimum Gasteiger partial charge on any atom is -0.494 e. The van der Waals surface area contributed by atoms with Crippen molar-refractivity contribution < 1.29 is 13.2 Å². The number of aryl methyl sites for hydroxylation is 1. The zero-order chi connectivity index (χ0) is 14.8. The van der Waals surface area contributed by atoms with Gasteiger partial charge in [-0.25, -0.2) is 8.42 Å². The molecule has 1 aromatic carbocycles. The van der Waals surface area contributed by atoms with Crippen LogP contribution in [0.25, 0.3) is 0 Å². The van der Waals surface area contributed by atoms with E-state index in [9.17, 15) is 8.42 Å². The highest BCUT2D eigenvalue weighted by Gasteiger charge is 2.36. The predicted molar refractivity (Wildman–Crippen MR) is 85.4 cm³/mol. The molecule has 0 spiro atoms. The number of ether oxygens (including phenoxy) is 1. The van der Waals surface area contributed by atoms with E-state index in [-0.39, 0.29) is 10.1 Å². The van der Waals surface area contributed by atoms with Crippen LogP contribution in [0.4, 0.5) is 0 Å². The number of hydrogen-bond acceptors (Lipinski definition) is 3. The average molecular weight is 361 g/mol. The minimum atomic E-state index is -3.02. The standard InChI is InChI=1S/C15H21BrO3S/c1-3-19-13-8-7-11(2)10-12(13)15(16)14-6-4-5-9-20(14,17)18/h7-8,10,14-15H,3-6,9H2,1-2H3. The van der Waals surface area contributed by atoms with Crippen molar-refractivity contribution in [1.29, 1.82) is 0 Å². The molecule has 1 fully saturated rings. The van der Waals surface area contributed by atoms with Crippen LogP contribution in [0.15, 0.2) is 18.2 Å². The normalized spacial score (nSPS) is 23.2. The predicted octanol–water partition coefficient (Wildman–Crippen LogP) is 3.80. The molecule has 3 nitrogen and oxygen atoms in total. The molecule has 1 aliphatic heterocycles. The highest BCUT2D eigenvalue weighted by molar-refractivity contribution is 9.09. The van der Waals surface area contributed by atoms with Gasteiger partial charge in [-0.3, -0.25) is 0 Å². The maximum atomic E-state index is 12.3. The van der Waals surface area contributed by atoms with Crippen LogP contribution in [0.3, 0.4) is 0 Å². The van der Waals surface area contributed by atoms with E-state index in [1.807, 2.05) is 32.0 Å².